The van der Waals surface area contributed by atoms with E-state index in [2.05, 4.69) is 0 Å². The summed E-state index contributed by atoms with van der Waals surface area (Å²) in [6.07, 6.45) is 0. The highest BCUT2D eigenvalue weighted by Crippen LogP contribution is 2.48. The van der Waals surface area contributed by atoms with Crippen molar-refractivity contribution in [2.45, 2.75) is 50.2 Å². The maximum absolute atomic E-state index is 13.6. The molecule has 0 N–H and O–H groups in total. The zero-order valence-electron chi connectivity index (χ0n) is 20.4. The van der Waals surface area contributed by atoms with E-state index >= 15 is 0 Å². The Labute approximate surface area is 207 Å². The van der Waals surface area contributed by atoms with Crippen LogP contribution in [-0.2, 0) is 19.6 Å². The van der Waals surface area contributed by atoms with Gasteiger partial charge >= 0.3 is 5.97 Å². The number of hydrogen-bond acceptors (Lipinski definition) is 5. The van der Waals surface area contributed by atoms with E-state index in [9.17, 15) is 13.2 Å². The maximum atomic E-state index is 13.6. The zero-order valence-corrected chi connectivity index (χ0v) is 21.2. The normalized spacial score (nSPS) is 19.4. The molecule has 1 unspecified atom stereocenters. The molecular weight excluding hydrogens is 460 g/mol. The molecule has 182 valence electrons. The van der Waals surface area contributed by atoms with Gasteiger partial charge in [-0.1, -0.05) is 78.4 Å². The Bertz CT molecular complexity index is 1280. The van der Waals surface area contributed by atoms with Crippen LogP contribution in [0.1, 0.15) is 37.5 Å². The molecule has 35 heavy (non-hydrogen) atoms. The van der Waals surface area contributed by atoms with Crippen LogP contribution in [0.2, 0.25) is 0 Å². The summed E-state index contributed by atoms with van der Waals surface area (Å²) in [4.78, 5) is 18.3. The number of nitrogens with zero attached hydrogens (tertiary/aromatic N) is 2. The molecule has 3 aromatic carbocycles. The van der Waals surface area contributed by atoms with E-state index in [0.29, 0.717) is 5.71 Å². The lowest BCUT2D eigenvalue weighted by Gasteiger charge is -2.16. The molecule has 6 nitrogen and oxygen atoms in total. The lowest BCUT2D eigenvalue weighted by Crippen LogP contribution is -2.33. The molecule has 0 bridgehead atoms. The van der Waals surface area contributed by atoms with Gasteiger partial charge in [0.2, 0.25) is 10.0 Å². The van der Waals surface area contributed by atoms with E-state index in [4.69, 9.17) is 9.73 Å². The third-order valence-electron chi connectivity index (χ3n) is 6.24. The van der Waals surface area contributed by atoms with Crippen molar-refractivity contribution in [1.82, 2.24) is 4.31 Å². The van der Waals surface area contributed by atoms with Gasteiger partial charge < -0.3 is 4.74 Å². The summed E-state index contributed by atoms with van der Waals surface area (Å²) in [5.74, 6) is -0.545. The number of aliphatic imine (C=N–C) groups is 1. The highest BCUT2D eigenvalue weighted by molar-refractivity contribution is 7.89. The summed E-state index contributed by atoms with van der Waals surface area (Å²) in [7, 11) is -3.84. The van der Waals surface area contributed by atoms with Gasteiger partial charge in [-0.05, 0) is 39.8 Å². The third kappa shape index (κ3) is 4.92. The highest BCUT2D eigenvalue weighted by atomic mass is 32.2. The van der Waals surface area contributed by atoms with Gasteiger partial charge in [0, 0.05) is 11.1 Å². The second kappa shape index (κ2) is 9.76. The fraction of sp³-hybridized carbons (Fsp3) is 0.286. The van der Waals surface area contributed by atoms with Crippen molar-refractivity contribution in [2.24, 2.45) is 4.99 Å². The Morgan fingerprint density at radius 1 is 0.943 bits per heavy atom. The van der Waals surface area contributed by atoms with Crippen molar-refractivity contribution in [3.63, 3.8) is 0 Å². The van der Waals surface area contributed by atoms with Gasteiger partial charge in [-0.25, -0.2) is 13.2 Å². The molecule has 3 atom stereocenters. The first-order chi connectivity index (χ1) is 16.7. The minimum absolute atomic E-state index is 0.175. The Kier molecular flexibility index (Phi) is 6.92. The Balaban J connectivity index is 1.81. The second-order valence-electron chi connectivity index (χ2n) is 9.12. The van der Waals surface area contributed by atoms with Crippen LogP contribution in [0, 0.1) is 6.92 Å². The van der Waals surface area contributed by atoms with Gasteiger partial charge in [0.25, 0.3) is 0 Å². The summed E-state index contributed by atoms with van der Waals surface area (Å²) < 4.78 is 33.9. The van der Waals surface area contributed by atoms with Gasteiger partial charge in [0.05, 0.1) is 28.8 Å². The van der Waals surface area contributed by atoms with Crippen LogP contribution in [0.5, 0.6) is 0 Å². The number of aryl methyl sites for hydroxylation is 1. The van der Waals surface area contributed by atoms with Crippen molar-refractivity contribution in [2.75, 3.05) is 6.61 Å². The minimum Gasteiger partial charge on any atom is -0.464 e. The van der Waals surface area contributed by atoms with Crippen LogP contribution in [0.15, 0.2) is 94.8 Å². The molecule has 0 amide bonds. The molecule has 0 spiro atoms. The zero-order chi connectivity index (χ0) is 25.2. The molecule has 1 aliphatic heterocycles. The van der Waals surface area contributed by atoms with Crippen LogP contribution in [-0.4, -0.2) is 48.6 Å². The van der Waals surface area contributed by atoms with Crippen LogP contribution >= 0.6 is 0 Å². The topological polar surface area (TPSA) is 75.8 Å². The molecule has 1 saturated heterocycles. The summed E-state index contributed by atoms with van der Waals surface area (Å²) in [5, 5.41) is 0. The average Bonchev–Trinajstić information content (AvgIpc) is 3.43. The molecule has 1 aliphatic rings. The molecule has 0 aliphatic carbocycles. The summed E-state index contributed by atoms with van der Waals surface area (Å²) >= 11 is 0. The van der Waals surface area contributed by atoms with Gasteiger partial charge in [-0.2, -0.15) is 4.31 Å². The summed E-state index contributed by atoms with van der Waals surface area (Å²) in [5.41, 5.74) is 2.43. The first-order valence-electron chi connectivity index (χ1n) is 11.6. The minimum atomic E-state index is -3.84. The van der Waals surface area contributed by atoms with Gasteiger partial charge in [-0.15, -0.1) is 0 Å². The first kappa shape index (κ1) is 24.8. The van der Waals surface area contributed by atoms with E-state index in [1.807, 2.05) is 81.4 Å². The van der Waals surface area contributed by atoms with Crippen molar-refractivity contribution >= 4 is 21.7 Å². The van der Waals surface area contributed by atoms with Gasteiger partial charge in [0.15, 0.2) is 6.04 Å². The Hall–Kier alpha value is -3.29. The molecule has 4 rings (SSSR count). The van der Waals surface area contributed by atoms with Gasteiger partial charge in [-0.3, -0.25) is 4.99 Å². The molecule has 0 radical (unpaired) electrons. The SMILES string of the molecule is CCOC(=O)[C@H](N=C(c1ccccc1)c1ccccc1)[C@@H]1N(S(=O)(=O)c2ccc(C)cc2)C1(C)C. The van der Waals surface area contributed by atoms with Gasteiger partial charge in [0.1, 0.15) is 0 Å². The predicted molar refractivity (Wildman–Crippen MR) is 137 cm³/mol. The van der Waals surface area contributed by atoms with E-state index in [0.717, 1.165) is 16.7 Å². The fourth-order valence-electron chi connectivity index (χ4n) is 4.40. The second-order valence-corrected chi connectivity index (χ2v) is 10.9. The van der Waals surface area contributed by atoms with E-state index in [1.54, 1.807) is 31.2 Å². The molecule has 7 heteroatoms. The standard InChI is InChI=1S/C28H30N2O4S/c1-5-34-27(31)25(29-24(21-12-8-6-9-13-21)22-14-10-7-11-15-22)26-28(3,4)30(26)35(32,33)23-18-16-20(2)17-19-23/h6-19,25-26H,5H2,1-4H3/t25-,26+,30?/m1/s1. The molecule has 1 heterocycles. The number of benzene rings is 3. The van der Waals surface area contributed by atoms with Crippen molar-refractivity contribution < 1.29 is 17.9 Å². The largest absolute Gasteiger partial charge is 0.464 e. The van der Waals surface area contributed by atoms with Crippen LogP contribution in [0.4, 0.5) is 0 Å². The Morgan fingerprint density at radius 3 is 1.94 bits per heavy atom. The first-order valence-corrected chi connectivity index (χ1v) is 13.1. The fourth-order valence-corrected chi connectivity index (χ4v) is 6.46. The summed E-state index contributed by atoms with van der Waals surface area (Å²) in [6.45, 7) is 7.44. The molecule has 1 fully saturated rings. The summed E-state index contributed by atoms with van der Waals surface area (Å²) in [6, 6.07) is 24.1. The molecular formula is C28H30N2O4S. The smallest absolute Gasteiger partial charge is 0.332 e. The number of carbonyl (C=O) groups excluding carboxylic acids is 1. The van der Waals surface area contributed by atoms with Crippen LogP contribution < -0.4 is 0 Å². The predicted octanol–water partition coefficient (Wildman–Crippen LogP) is 4.62. The number of rotatable bonds is 8. The van der Waals surface area contributed by atoms with E-state index in [1.165, 1.54) is 4.31 Å². The Morgan fingerprint density at radius 2 is 1.46 bits per heavy atom. The molecule has 3 aromatic rings. The number of hydrogen-bond donors (Lipinski definition) is 0. The van der Waals surface area contributed by atoms with Crippen molar-refractivity contribution in [3.05, 3.63) is 102 Å². The van der Waals surface area contributed by atoms with E-state index < -0.39 is 33.6 Å². The highest BCUT2D eigenvalue weighted by Gasteiger charge is 2.67. The monoisotopic (exact) mass is 490 g/mol. The van der Waals surface area contributed by atoms with E-state index in [-0.39, 0.29) is 11.5 Å². The van der Waals surface area contributed by atoms with Crippen LogP contribution in [0.3, 0.4) is 0 Å². The maximum Gasteiger partial charge on any atom is 0.332 e. The number of ether oxygens (including phenoxy) is 1. The van der Waals surface area contributed by atoms with Crippen LogP contribution in [0.25, 0.3) is 0 Å². The quantitative estimate of drug-likeness (QED) is 0.262. The lowest BCUT2D eigenvalue weighted by atomic mass is 10.00. The lowest BCUT2D eigenvalue weighted by molar-refractivity contribution is -0.144. The average molecular weight is 491 g/mol. The molecule has 0 aromatic heterocycles. The molecule has 0 saturated carbocycles. The van der Waals surface area contributed by atoms with Crippen molar-refractivity contribution in [3.8, 4) is 0 Å². The number of sulfonamides is 1. The third-order valence-corrected chi connectivity index (χ3v) is 8.33. The van der Waals surface area contributed by atoms with Crippen molar-refractivity contribution in [1.29, 1.82) is 0 Å². The number of carbonyl (C=O) groups is 1. The number of esters is 1.